The van der Waals surface area contributed by atoms with Gasteiger partial charge in [0, 0.05) is 25.0 Å². The summed E-state index contributed by atoms with van der Waals surface area (Å²) in [6.07, 6.45) is 1.21. The van der Waals surface area contributed by atoms with Crippen molar-refractivity contribution in [1.82, 2.24) is 0 Å². The van der Waals surface area contributed by atoms with Crippen LogP contribution in [0.15, 0.2) is 34.7 Å². The van der Waals surface area contributed by atoms with E-state index in [0.29, 0.717) is 25.4 Å². The van der Waals surface area contributed by atoms with Crippen LogP contribution < -0.4 is 0 Å². The molecule has 0 amide bonds. The van der Waals surface area contributed by atoms with Gasteiger partial charge in [0.1, 0.15) is 5.58 Å². The molecule has 1 heterocycles. The monoisotopic (exact) mass is 232 g/mol. The van der Waals surface area contributed by atoms with Crippen molar-refractivity contribution >= 4 is 16.8 Å². The van der Waals surface area contributed by atoms with E-state index >= 15 is 0 Å². The summed E-state index contributed by atoms with van der Waals surface area (Å²) in [6, 6.07) is 9.44. The van der Waals surface area contributed by atoms with Gasteiger partial charge in [0.15, 0.2) is 11.5 Å². The van der Waals surface area contributed by atoms with Crippen LogP contribution in [-0.2, 0) is 4.74 Å². The molecule has 1 aromatic heterocycles. The van der Waals surface area contributed by atoms with E-state index in [1.54, 1.807) is 6.07 Å². The van der Waals surface area contributed by atoms with Crippen molar-refractivity contribution in [2.24, 2.45) is 0 Å². The van der Waals surface area contributed by atoms with Crippen LogP contribution in [0.3, 0.4) is 0 Å². The van der Waals surface area contributed by atoms with E-state index in [1.807, 2.05) is 31.2 Å². The number of carbonyl (C=O) groups excluding carboxylic acids is 1. The molecule has 0 radical (unpaired) electrons. The van der Waals surface area contributed by atoms with Crippen LogP contribution in [-0.4, -0.2) is 19.0 Å². The second-order valence-corrected chi connectivity index (χ2v) is 3.87. The molecule has 17 heavy (non-hydrogen) atoms. The predicted octanol–water partition coefficient (Wildman–Crippen LogP) is 3.43. The molecule has 0 fully saturated rings. The maximum atomic E-state index is 11.8. The molecule has 0 N–H and O–H groups in total. The van der Waals surface area contributed by atoms with Gasteiger partial charge in [0.25, 0.3) is 0 Å². The third-order valence-corrected chi connectivity index (χ3v) is 2.60. The van der Waals surface area contributed by atoms with Crippen molar-refractivity contribution in [3.8, 4) is 0 Å². The summed E-state index contributed by atoms with van der Waals surface area (Å²) in [7, 11) is 0. The SMILES string of the molecule is CCOCCCC(=O)c1cc2ccccc2o1. The first-order valence-electron chi connectivity index (χ1n) is 5.91. The Hall–Kier alpha value is -1.61. The third kappa shape index (κ3) is 2.94. The summed E-state index contributed by atoms with van der Waals surface area (Å²) in [5.41, 5.74) is 0.764. The number of benzene rings is 1. The summed E-state index contributed by atoms with van der Waals surface area (Å²) in [5, 5.41) is 0.973. The Bertz CT molecular complexity index is 466. The fraction of sp³-hybridized carbons (Fsp3) is 0.357. The Kier molecular flexibility index (Phi) is 3.94. The Morgan fingerprint density at radius 3 is 2.94 bits per heavy atom. The highest BCUT2D eigenvalue weighted by atomic mass is 16.5. The van der Waals surface area contributed by atoms with Crippen LogP contribution in [0.4, 0.5) is 0 Å². The zero-order valence-electron chi connectivity index (χ0n) is 9.94. The predicted molar refractivity (Wildman–Crippen MR) is 66.3 cm³/mol. The minimum absolute atomic E-state index is 0.0425. The molecular formula is C14H16O3. The van der Waals surface area contributed by atoms with Crippen LogP contribution in [0.1, 0.15) is 30.3 Å². The molecular weight excluding hydrogens is 216 g/mol. The zero-order valence-corrected chi connectivity index (χ0v) is 9.94. The normalized spacial score (nSPS) is 10.9. The van der Waals surface area contributed by atoms with Crippen LogP contribution in [0, 0.1) is 0 Å². The van der Waals surface area contributed by atoms with Gasteiger partial charge in [0.2, 0.25) is 0 Å². The lowest BCUT2D eigenvalue weighted by molar-refractivity contribution is 0.0923. The molecule has 0 bridgehead atoms. The van der Waals surface area contributed by atoms with Crippen molar-refractivity contribution in [3.63, 3.8) is 0 Å². The number of fused-ring (bicyclic) bond motifs is 1. The molecule has 0 saturated heterocycles. The number of Topliss-reactive ketones (excluding diaryl/α,β-unsaturated/α-hetero) is 1. The van der Waals surface area contributed by atoms with Crippen molar-refractivity contribution in [2.45, 2.75) is 19.8 Å². The van der Waals surface area contributed by atoms with Crippen molar-refractivity contribution in [3.05, 3.63) is 36.1 Å². The molecule has 2 rings (SSSR count). The molecule has 0 saturated carbocycles. The first kappa shape index (κ1) is 11.9. The van der Waals surface area contributed by atoms with Crippen LogP contribution in [0.5, 0.6) is 0 Å². The summed E-state index contributed by atoms with van der Waals surface area (Å²) in [4.78, 5) is 11.8. The molecule has 0 unspecified atom stereocenters. The van der Waals surface area contributed by atoms with Crippen molar-refractivity contribution < 1.29 is 13.9 Å². The highest BCUT2D eigenvalue weighted by molar-refractivity contribution is 5.97. The largest absolute Gasteiger partial charge is 0.453 e. The summed E-state index contributed by atoms with van der Waals surface area (Å²) in [5.74, 6) is 0.489. The van der Waals surface area contributed by atoms with Gasteiger partial charge in [-0.15, -0.1) is 0 Å². The van der Waals surface area contributed by atoms with E-state index in [4.69, 9.17) is 9.15 Å². The van der Waals surface area contributed by atoms with E-state index in [9.17, 15) is 4.79 Å². The van der Waals surface area contributed by atoms with Gasteiger partial charge in [-0.25, -0.2) is 0 Å². The maximum Gasteiger partial charge on any atom is 0.198 e. The molecule has 90 valence electrons. The molecule has 3 nitrogen and oxygen atoms in total. The molecule has 0 atom stereocenters. The number of ether oxygens (including phenoxy) is 1. The van der Waals surface area contributed by atoms with Crippen LogP contribution in [0.25, 0.3) is 11.0 Å². The van der Waals surface area contributed by atoms with Gasteiger partial charge < -0.3 is 9.15 Å². The van der Waals surface area contributed by atoms with E-state index in [2.05, 4.69) is 0 Å². The number of hydrogen-bond acceptors (Lipinski definition) is 3. The first-order chi connectivity index (χ1) is 8.31. The average molecular weight is 232 g/mol. The molecule has 1 aromatic carbocycles. The summed E-state index contributed by atoms with van der Waals surface area (Å²) in [6.45, 7) is 3.27. The Morgan fingerprint density at radius 1 is 1.35 bits per heavy atom. The zero-order chi connectivity index (χ0) is 12.1. The first-order valence-corrected chi connectivity index (χ1v) is 5.91. The summed E-state index contributed by atoms with van der Waals surface area (Å²) < 4.78 is 10.7. The Morgan fingerprint density at radius 2 is 2.18 bits per heavy atom. The molecule has 3 heteroatoms. The third-order valence-electron chi connectivity index (χ3n) is 2.60. The fourth-order valence-corrected chi connectivity index (χ4v) is 1.72. The second kappa shape index (κ2) is 5.64. The molecule has 2 aromatic rings. The number of carbonyl (C=O) groups is 1. The number of para-hydroxylation sites is 1. The van der Waals surface area contributed by atoms with Gasteiger partial charge in [0.05, 0.1) is 0 Å². The highest BCUT2D eigenvalue weighted by Crippen LogP contribution is 2.20. The maximum absolute atomic E-state index is 11.8. The number of ketones is 1. The van der Waals surface area contributed by atoms with E-state index < -0.39 is 0 Å². The number of furan rings is 1. The van der Waals surface area contributed by atoms with Gasteiger partial charge in [-0.3, -0.25) is 4.79 Å². The van der Waals surface area contributed by atoms with Crippen molar-refractivity contribution in [1.29, 1.82) is 0 Å². The van der Waals surface area contributed by atoms with Crippen LogP contribution >= 0.6 is 0 Å². The minimum Gasteiger partial charge on any atom is -0.453 e. The fourth-order valence-electron chi connectivity index (χ4n) is 1.72. The standard InChI is InChI=1S/C14H16O3/c1-2-16-9-5-7-12(15)14-10-11-6-3-4-8-13(11)17-14/h3-4,6,8,10H,2,5,7,9H2,1H3. The minimum atomic E-state index is 0.0425. The molecule has 0 aliphatic rings. The molecule has 0 aliphatic carbocycles. The molecule has 0 aliphatic heterocycles. The lowest BCUT2D eigenvalue weighted by Crippen LogP contribution is -2.00. The van der Waals surface area contributed by atoms with Gasteiger partial charge in [-0.1, -0.05) is 18.2 Å². The van der Waals surface area contributed by atoms with Gasteiger partial charge in [-0.2, -0.15) is 0 Å². The average Bonchev–Trinajstić information content (AvgIpc) is 2.78. The Balaban J connectivity index is 1.99. The number of rotatable bonds is 6. The van der Waals surface area contributed by atoms with Crippen LogP contribution in [0.2, 0.25) is 0 Å². The van der Waals surface area contributed by atoms with E-state index in [0.717, 1.165) is 17.4 Å². The summed E-state index contributed by atoms with van der Waals surface area (Å²) >= 11 is 0. The second-order valence-electron chi connectivity index (χ2n) is 3.87. The lowest BCUT2D eigenvalue weighted by Gasteiger charge is -1.98. The van der Waals surface area contributed by atoms with Gasteiger partial charge >= 0.3 is 0 Å². The Labute approximate surface area is 100 Å². The lowest BCUT2D eigenvalue weighted by atomic mass is 10.2. The quantitative estimate of drug-likeness (QED) is 0.565. The van der Waals surface area contributed by atoms with Crippen molar-refractivity contribution in [2.75, 3.05) is 13.2 Å². The van der Waals surface area contributed by atoms with Gasteiger partial charge in [-0.05, 0) is 25.5 Å². The number of hydrogen-bond donors (Lipinski definition) is 0. The smallest absolute Gasteiger partial charge is 0.198 e. The molecule has 0 spiro atoms. The van der Waals surface area contributed by atoms with E-state index in [-0.39, 0.29) is 5.78 Å². The van der Waals surface area contributed by atoms with E-state index in [1.165, 1.54) is 0 Å². The topological polar surface area (TPSA) is 39.4 Å². The highest BCUT2D eigenvalue weighted by Gasteiger charge is 2.11.